The number of rotatable bonds is 1. The molecule has 1 aromatic heterocycles. The summed E-state index contributed by atoms with van der Waals surface area (Å²) in [6.45, 7) is 5.89. The molecule has 0 fully saturated rings. The molecule has 0 bridgehead atoms. The quantitative estimate of drug-likeness (QED) is 0.717. The van der Waals surface area contributed by atoms with E-state index in [0.717, 1.165) is 11.1 Å². The third-order valence-electron chi connectivity index (χ3n) is 2.87. The van der Waals surface area contributed by atoms with Crippen LogP contribution in [0.5, 0.6) is 0 Å². The Hall–Kier alpha value is -1.12. The molecule has 0 radical (unpaired) electrons. The van der Waals surface area contributed by atoms with E-state index >= 15 is 0 Å². The average molecular weight is 267 g/mol. The van der Waals surface area contributed by atoms with Crippen molar-refractivity contribution in [3.63, 3.8) is 0 Å². The predicted molar refractivity (Wildman–Crippen MR) is 71.7 cm³/mol. The Morgan fingerprint density at radius 1 is 0.882 bits per heavy atom. The average Bonchev–Trinajstić information content (AvgIpc) is 2.29. The second kappa shape index (κ2) is 4.63. The largest absolute Gasteiger partial charge is 0.216 e. The van der Waals surface area contributed by atoms with Gasteiger partial charge in [-0.1, -0.05) is 41.4 Å². The maximum atomic E-state index is 6.03. The minimum absolute atomic E-state index is 0.404. The maximum Gasteiger partial charge on any atom is 0.162 e. The molecule has 0 amide bonds. The molecule has 0 aliphatic rings. The van der Waals surface area contributed by atoms with E-state index in [9.17, 15) is 0 Å². The molecule has 1 aromatic carbocycles. The Balaban J connectivity index is 2.65. The van der Waals surface area contributed by atoms with Gasteiger partial charge in [0, 0.05) is 11.1 Å². The summed E-state index contributed by atoms with van der Waals surface area (Å²) in [6.07, 6.45) is 0. The zero-order chi connectivity index (χ0) is 12.6. The van der Waals surface area contributed by atoms with Gasteiger partial charge in [-0.05, 0) is 31.9 Å². The molecule has 4 heteroatoms. The molecule has 0 saturated heterocycles. The fraction of sp³-hybridized carbons (Fsp3) is 0.231. The predicted octanol–water partition coefficient (Wildman–Crippen LogP) is 4.38. The lowest BCUT2D eigenvalue weighted by molar-refractivity contribution is 1.13. The van der Waals surface area contributed by atoms with E-state index in [2.05, 4.69) is 23.0 Å². The van der Waals surface area contributed by atoms with Crippen molar-refractivity contribution in [2.24, 2.45) is 0 Å². The molecule has 2 aromatic rings. The zero-order valence-corrected chi connectivity index (χ0v) is 11.4. The third kappa shape index (κ3) is 2.28. The molecule has 2 nitrogen and oxygen atoms in total. The Morgan fingerprint density at radius 2 is 1.47 bits per heavy atom. The lowest BCUT2D eigenvalue weighted by atomic mass is 10.0. The summed E-state index contributed by atoms with van der Waals surface area (Å²) < 4.78 is 0. The summed E-state index contributed by atoms with van der Waals surface area (Å²) in [4.78, 5) is 8.55. The van der Waals surface area contributed by atoms with Gasteiger partial charge >= 0.3 is 0 Å². The molecule has 0 atom stereocenters. The summed E-state index contributed by atoms with van der Waals surface area (Å²) in [5.41, 5.74) is 4.01. The van der Waals surface area contributed by atoms with Gasteiger partial charge in [-0.3, -0.25) is 0 Å². The first-order valence-electron chi connectivity index (χ1n) is 5.27. The highest BCUT2D eigenvalue weighted by Crippen LogP contribution is 2.27. The van der Waals surface area contributed by atoms with Gasteiger partial charge in [0.05, 0.1) is 0 Å². The van der Waals surface area contributed by atoms with Gasteiger partial charge in [0.1, 0.15) is 10.3 Å². The zero-order valence-electron chi connectivity index (χ0n) is 9.88. The number of benzene rings is 1. The van der Waals surface area contributed by atoms with E-state index in [1.54, 1.807) is 6.92 Å². The molecule has 2 rings (SSSR count). The number of hydrogen-bond donors (Lipinski definition) is 0. The molecule has 0 unspecified atom stereocenters. The smallest absolute Gasteiger partial charge is 0.162 e. The van der Waals surface area contributed by atoms with Crippen LogP contribution in [0, 0.1) is 20.8 Å². The number of nitrogens with zero attached hydrogens (tertiary/aromatic N) is 2. The molecule has 88 valence electrons. The summed E-state index contributed by atoms with van der Waals surface area (Å²) >= 11 is 12.1. The fourth-order valence-electron chi connectivity index (χ4n) is 1.58. The van der Waals surface area contributed by atoms with Crippen LogP contribution in [0.15, 0.2) is 18.2 Å². The molecule has 1 heterocycles. The molecule has 0 N–H and O–H groups in total. The van der Waals surface area contributed by atoms with Crippen molar-refractivity contribution in [1.82, 2.24) is 9.97 Å². The molecular weight excluding hydrogens is 255 g/mol. The second-order valence-electron chi connectivity index (χ2n) is 4.00. The van der Waals surface area contributed by atoms with Crippen LogP contribution in [0.3, 0.4) is 0 Å². The van der Waals surface area contributed by atoms with E-state index in [4.69, 9.17) is 23.2 Å². The van der Waals surface area contributed by atoms with E-state index < -0.39 is 0 Å². The van der Waals surface area contributed by atoms with Crippen LogP contribution >= 0.6 is 23.2 Å². The lowest BCUT2D eigenvalue weighted by Crippen LogP contribution is -1.96. The molecule has 17 heavy (non-hydrogen) atoms. The van der Waals surface area contributed by atoms with Crippen LogP contribution in [0.25, 0.3) is 11.4 Å². The third-order valence-corrected chi connectivity index (χ3v) is 3.61. The summed E-state index contributed by atoms with van der Waals surface area (Å²) in [5.74, 6) is 0.576. The minimum Gasteiger partial charge on any atom is -0.216 e. The number of aromatic nitrogens is 2. The topological polar surface area (TPSA) is 25.8 Å². The lowest BCUT2D eigenvalue weighted by Gasteiger charge is -2.09. The van der Waals surface area contributed by atoms with Crippen LogP contribution in [0.4, 0.5) is 0 Å². The highest BCUT2D eigenvalue weighted by molar-refractivity contribution is 6.34. The van der Waals surface area contributed by atoms with Crippen molar-refractivity contribution < 1.29 is 0 Å². The molecule has 0 aliphatic carbocycles. The van der Waals surface area contributed by atoms with E-state index in [1.165, 1.54) is 5.56 Å². The van der Waals surface area contributed by atoms with Gasteiger partial charge in [-0.2, -0.15) is 0 Å². The molecular formula is C13H12Cl2N2. The van der Waals surface area contributed by atoms with E-state index in [1.807, 2.05) is 19.1 Å². The summed E-state index contributed by atoms with van der Waals surface area (Å²) in [6, 6.07) is 6.00. The van der Waals surface area contributed by atoms with Gasteiger partial charge in [-0.25, -0.2) is 9.97 Å². The normalized spacial score (nSPS) is 10.6. The van der Waals surface area contributed by atoms with Crippen molar-refractivity contribution >= 4 is 23.2 Å². The first kappa shape index (κ1) is 12.3. The number of aryl methyl sites for hydroxylation is 1. The van der Waals surface area contributed by atoms with E-state index in [-0.39, 0.29) is 0 Å². The Labute approximate surface area is 111 Å². The van der Waals surface area contributed by atoms with Gasteiger partial charge in [0.25, 0.3) is 0 Å². The van der Waals surface area contributed by atoms with Crippen molar-refractivity contribution in [1.29, 1.82) is 0 Å². The maximum absolute atomic E-state index is 6.03. The number of hydrogen-bond acceptors (Lipinski definition) is 2. The van der Waals surface area contributed by atoms with Gasteiger partial charge < -0.3 is 0 Å². The van der Waals surface area contributed by atoms with Crippen LogP contribution in [-0.2, 0) is 0 Å². The Kier molecular flexibility index (Phi) is 3.36. The standard InChI is InChI=1S/C13H12Cl2N2/c1-7-5-4-6-10(8(7)2)13-16-11(14)9(3)12(15)17-13/h4-6H,1-3H3. The Bertz CT molecular complexity index is 557. The van der Waals surface area contributed by atoms with Crippen molar-refractivity contribution in [2.45, 2.75) is 20.8 Å². The van der Waals surface area contributed by atoms with Crippen LogP contribution in [0.1, 0.15) is 16.7 Å². The first-order chi connectivity index (χ1) is 8.00. The molecule has 0 spiro atoms. The summed E-state index contributed by atoms with van der Waals surface area (Å²) in [7, 11) is 0. The summed E-state index contributed by atoms with van der Waals surface area (Å²) in [5, 5.41) is 0.807. The second-order valence-corrected chi connectivity index (χ2v) is 4.72. The minimum atomic E-state index is 0.404. The SMILES string of the molecule is Cc1cccc(-c2nc(Cl)c(C)c(Cl)n2)c1C. The van der Waals surface area contributed by atoms with Crippen LogP contribution in [-0.4, -0.2) is 9.97 Å². The van der Waals surface area contributed by atoms with Crippen LogP contribution in [0.2, 0.25) is 10.3 Å². The molecule has 0 aliphatic heterocycles. The monoisotopic (exact) mass is 266 g/mol. The Morgan fingerprint density at radius 3 is 2.06 bits per heavy atom. The van der Waals surface area contributed by atoms with Gasteiger partial charge in [-0.15, -0.1) is 0 Å². The highest BCUT2D eigenvalue weighted by Gasteiger charge is 2.11. The van der Waals surface area contributed by atoms with E-state index in [0.29, 0.717) is 21.7 Å². The number of halogens is 2. The van der Waals surface area contributed by atoms with Crippen molar-refractivity contribution in [3.05, 3.63) is 45.2 Å². The van der Waals surface area contributed by atoms with Crippen LogP contribution < -0.4 is 0 Å². The van der Waals surface area contributed by atoms with Gasteiger partial charge in [0.15, 0.2) is 5.82 Å². The highest BCUT2D eigenvalue weighted by atomic mass is 35.5. The molecule has 0 saturated carbocycles. The first-order valence-corrected chi connectivity index (χ1v) is 6.02. The van der Waals surface area contributed by atoms with Crippen molar-refractivity contribution in [3.8, 4) is 11.4 Å². The fourth-order valence-corrected chi connectivity index (χ4v) is 1.97. The van der Waals surface area contributed by atoms with Gasteiger partial charge in [0.2, 0.25) is 0 Å². The van der Waals surface area contributed by atoms with Crippen molar-refractivity contribution in [2.75, 3.05) is 0 Å².